The second-order valence-electron chi connectivity index (χ2n) is 9.35. The minimum Gasteiger partial charge on any atom is -0.351 e. The number of aromatic nitrogens is 2. The van der Waals surface area contributed by atoms with Crippen molar-refractivity contribution in [3.8, 4) is 0 Å². The van der Waals surface area contributed by atoms with Crippen molar-refractivity contribution in [2.75, 3.05) is 31.6 Å². The summed E-state index contributed by atoms with van der Waals surface area (Å²) in [5.41, 5.74) is 1.31. The van der Waals surface area contributed by atoms with E-state index in [1.807, 2.05) is 24.5 Å². The van der Waals surface area contributed by atoms with Crippen LogP contribution in [-0.4, -0.2) is 47.3 Å². The standard InChI is InChI=1S/C24H36N4OS2/c1-4-27(3)24-26-22-16-28(12-10-23(22)31-24)11-9-18-5-7-19(8-6-18)13-20(29)14-21-15-25-17(2)30-21/h15,18-19H,4-14,16H2,1-3H3. The first-order valence-corrected chi connectivity index (χ1v) is 13.5. The average Bonchev–Trinajstić information content (AvgIpc) is 3.38. The molecule has 1 aliphatic carbocycles. The second-order valence-corrected chi connectivity index (χ2v) is 11.7. The molecule has 2 aliphatic rings. The third-order valence-corrected chi connectivity index (χ3v) is 9.16. The number of thiazole rings is 2. The minimum absolute atomic E-state index is 0.396. The summed E-state index contributed by atoms with van der Waals surface area (Å²) in [4.78, 5) is 29.1. The van der Waals surface area contributed by atoms with Crippen molar-refractivity contribution < 1.29 is 4.79 Å². The van der Waals surface area contributed by atoms with Crippen LogP contribution in [0.1, 0.15) is 65.9 Å². The molecular weight excluding hydrogens is 424 g/mol. The van der Waals surface area contributed by atoms with Gasteiger partial charge in [0.15, 0.2) is 5.13 Å². The maximum atomic E-state index is 12.4. The molecule has 0 amide bonds. The lowest BCUT2D eigenvalue weighted by Gasteiger charge is -2.31. The molecule has 31 heavy (non-hydrogen) atoms. The number of anilines is 1. The molecule has 2 aromatic heterocycles. The molecule has 0 spiro atoms. The van der Waals surface area contributed by atoms with Crippen LogP contribution >= 0.6 is 22.7 Å². The van der Waals surface area contributed by atoms with Gasteiger partial charge in [0.2, 0.25) is 0 Å². The van der Waals surface area contributed by atoms with Crippen molar-refractivity contribution in [1.82, 2.24) is 14.9 Å². The highest BCUT2D eigenvalue weighted by Crippen LogP contribution is 2.34. The number of nitrogens with zero attached hydrogens (tertiary/aromatic N) is 4. The Morgan fingerprint density at radius 1 is 1.23 bits per heavy atom. The van der Waals surface area contributed by atoms with E-state index in [0.717, 1.165) is 41.7 Å². The molecular formula is C24H36N4OS2. The Balaban J connectivity index is 1.16. The Bertz CT molecular complexity index is 869. The molecule has 1 saturated carbocycles. The predicted molar refractivity (Wildman–Crippen MR) is 130 cm³/mol. The van der Waals surface area contributed by atoms with Crippen LogP contribution in [0.3, 0.4) is 0 Å². The van der Waals surface area contributed by atoms with Gasteiger partial charge in [-0.25, -0.2) is 9.97 Å². The van der Waals surface area contributed by atoms with E-state index >= 15 is 0 Å². The average molecular weight is 461 g/mol. The van der Waals surface area contributed by atoms with Gasteiger partial charge in [0, 0.05) is 55.5 Å². The summed E-state index contributed by atoms with van der Waals surface area (Å²) in [6, 6.07) is 0. The first-order valence-electron chi connectivity index (χ1n) is 11.8. The lowest BCUT2D eigenvalue weighted by Crippen LogP contribution is -2.32. The van der Waals surface area contributed by atoms with E-state index in [4.69, 9.17) is 4.98 Å². The van der Waals surface area contributed by atoms with Gasteiger partial charge in [-0.05, 0) is 57.9 Å². The molecule has 1 fully saturated rings. The van der Waals surface area contributed by atoms with Gasteiger partial charge in [-0.2, -0.15) is 0 Å². The number of ketones is 1. The maximum absolute atomic E-state index is 12.4. The summed E-state index contributed by atoms with van der Waals surface area (Å²) in [5, 5.41) is 2.23. The van der Waals surface area contributed by atoms with Crippen molar-refractivity contribution in [2.45, 2.75) is 71.8 Å². The summed E-state index contributed by atoms with van der Waals surface area (Å²) in [6.45, 7) is 8.57. The third kappa shape index (κ3) is 6.14. The van der Waals surface area contributed by atoms with Gasteiger partial charge < -0.3 is 4.90 Å². The zero-order valence-electron chi connectivity index (χ0n) is 19.2. The maximum Gasteiger partial charge on any atom is 0.185 e. The summed E-state index contributed by atoms with van der Waals surface area (Å²) < 4.78 is 0. The Hall–Kier alpha value is -1.31. The van der Waals surface area contributed by atoms with Crippen LogP contribution in [0.4, 0.5) is 5.13 Å². The van der Waals surface area contributed by atoms with Gasteiger partial charge in [-0.3, -0.25) is 9.69 Å². The molecule has 0 unspecified atom stereocenters. The number of rotatable bonds is 9. The van der Waals surface area contributed by atoms with E-state index in [9.17, 15) is 4.79 Å². The normalized spacial score (nSPS) is 21.8. The molecule has 7 heteroatoms. The Morgan fingerprint density at radius 3 is 2.71 bits per heavy atom. The molecule has 0 N–H and O–H groups in total. The summed E-state index contributed by atoms with van der Waals surface area (Å²) in [5.74, 6) is 1.82. The minimum atomic E-state index is 0.396. The zero-order valence-corrected chi connectivity index (χ0v) is 20.9. The van der Waals surface area contributed by atoms with E-state index in [1.54, 1.807) is 11.3 Å². The van der Waals surface area contributed by atoms with Crippen LogP contribution in [0, 0.1) is 18.8 Å². The van der Waals surface area contributed by atoms with E-state index in [2.05, 4.69) is 28.8 Å². The molecule has 5 nitrogen and oxygen atoms in total. The predicted octanol–water partition coefficient (Wildman–Crippen LogP) is 5.12. The number of fused-ring (bicyclic) bond motifs is 1. The summed E-state index contributed by atoms with van der Waals surface area (Å²) in [6.07, 6.45) is 10.7. The van der Waals surface area contributed by atoms with Crippen LogP contribution in [0.25, 0.3) is 0 Å². The van der Waals surface area contributed by atoms with Crippen LogP contribution < -0.4 is 4.90 Å². The highest BCUT2D eigenvalue weighted by Gasteiger charge is 2.26. The molecule has 0 radical (unpaired) electrons. The quantitative estimate of drug-likeness (QED) is 0.520. The molecule has 4 rings (SSSR count). The molecule has 0 atom stereocenters. The van der Waals surface area contributed by atoms with Crippen molar-refractivity contribution >= 4 is 33.6 Å². The van der Waals surface area contributed by atoms with Crippen molar-refractivity contribution in [2.24, 2.45) is 11.8 Å². The number of aryl methyl sites for hydroxylation is 1. The first-order chi connectivity index (χ1) is 15.0. The fourth-order valence-corrected chi connectivity index (χ4v) is 6.80. The SMILES string of the molecule is CCN(C)c1nc2c(s1)CCN(CCC1CCC(CC(=O)Cc3cnc(C)s3)CC1)C2. The fourth-order valence-electron chi connectivity index (χ4n) is 4.89. The van der Waals surface area contributed by atoms with Gasteiger partial charge in [0.05, 0.1) is 10.7 Å². The second kappa shape index (κ2) is 10.5. The van der Waals surface area contributed by atoms with Crippen LogP contribution in [0.5, 0.6) is 0 Å². The van der Waals surface area contributed by atoms with Gasteiger partial charge in [-0.1, -0.05) is 12.8 Å². The Labute approximate surface area is 194 Å². The molecule has 3 heterocycles. The first kappa shape index (κ1) is 22.9. The molecule has 0 saturated heterocycles. The summed E-state index contributed by atoms with van der Waals surface area (Å²) in [7, 11) is 2.13. The fraction of sp³-hybridized carbons (Fsp3) is 0.708. The van der Waals surface area contributed by atoms with E-state index in [-0.39, 0.29) is 0 Å². The van der Waals surface area contributed by atoms with Crippen LogP contribution in [0.2, 0.25) is 0 Å². The van der Waals surface area contributed by atoms with Gasteiger partial charge in [0.1, 0.15) is 5.78 Å². The molecule has 0 aromatic carbocycles. The van der Waals surface area contributed by atoms with E-state index in [0.29, 0.717) is 18.1 Å². The van der Waals surface area contributed by atoms with Crippen molar-refractivity contribution in [1.29, 1.82) is 0 Å². The highest BCUT2D eigenvalue weighted by molar-refractivity contribution is 7.15. The molecule has 1 aliphatic heterocycles. The van der Waals surface area contributed by atoms with Gasteiger partial charge >= 0.3 is 0 Å². The highest BCUT2D eigenvalue weighted by atomic mass is 32.1. The van der Waals surface area contributed by atoms with Crippen LogP contribution in [0.15, 0.2) is 6.20 Å². The van der Waals surface area contributed by atoms with Gasteiger partial charge in [-0.15, -0.1) is 22.7 Å². The third-order valence-electron chi connectivity index (χ3n) is 6.97. The van der Waals surface area contributed by atoms with Crippen molar-refractivity contribution in [3.63, 3.8) is 0 Å². The lowest BCUT2D eigenvalue weighted by molar-refractivity contribution is -0.119. The Morgan fingerprint density at radius 2 is 2.00 bits per heavy atom. The Kier molecular flexibility index (Phi) is 7.77. The number of hydrogen-bond donors (Lipinski definition) is 0. The number of hydrogen-bond acceptors (Lipinski definition) is 7. The smallest absolute Gasteiger partial charge is 0.185 e. The molecule has 0 bridgehead atoms. The summed E-state index contributed by atoms with van der Waals surface area (Å²) >= 11 is 3.54. The largest absolute Gasteiger partial charge is 0.351 e. The number of carbonyl (C=O) groups excluding carboxylic acids is 1. The van der Waals surface area contributed by atoms with Gasteiger partial charge in [0.25, 0.3) is 0 Å². The topological polar surface area (TPSA) is 49.3 Å². The van der Waals surface area contributed by atoms with E-state index < -0.39 is 0 Å². The van der Waals surface area contributed by atoms with Crippen molar-refractivity contribution in [3.05, 3.63) is 26.7 Å². The van der Waals surface area contributed by atoms with E-state index in [1.165, 1.54) is 60.9 Å². The molecule has 2 aromatic rings. The number of Topliss-reactive ketones (excluding diaryl/α,β-unsaturated/α-hetero) is 1. The molecule has 170 valence electrons. The number of carbonyl (C=O) groups is 1. The monoisotopic (exact) mass is 460 g/mol. The zero-order chi connectivity index (χ0) is 21.8. The lowest BCUT2D eigenvalue weighted by atomic mass is 9.78. The van der Waals surface area contributed by atoms with Crippen LogP contribution in [-0.2, 0) is 24.2 Å².